The molecule has 0 bridgehead atoms. The zero-order valence-corrected chi connectivity index (χ0v) is 13.1. The van der Waals surface area contributed by atoms with Gasteiger partial charge < -0.3 is 20.1 Å². The topological polar surface area (TPSA) is 64.8 Å². The molecule has 1 saturated heterocycles. The van der Waals surface area contributed by atoms with Crippen molar-refractivity contribution in [3.05, 3.63) is 52.5 Å². The summed E-state index contributed by atoms with van der Waals surface area (Å²) in [6.45, 7) is 0.211. The molecule has 2 aromatic rings. The number of anilines is 1. The van der Waals surface area contributed by atoms with Gasteiger partial charge in [0.1, 0.15) is 6.04 Å². The van der Waals surface area contributed by atoms with E-state index in [9.17, 15) is 4.79 Å². The molecule has 1 amide bonds. The van der Waals surface area contributed by atoms with Crippen molar-refractivity contribution < 1.29 is 14.3 Å². The molecular weight excluding hydrogens is 348 g/mol. The molecule has 2 aromatic carbocycles. The first kappa shape index (κ1) is 13.6. The molecule has 4 rings (SSSR count). The van der Waals surface area contributed by atoms with Crippen molar-refractivity contribution in [1.82, 2.24) is 0 Å². The van der Waals surface area contributed by atoms with Gasteiger partial charge in [-0.3, -0.25) is 4.79 Å². The molecule has 5 nitrogen and oxygen atoms in total. The lowest BCUT2D eigenvalue weighted by atomic mass is 9.88. The average molecular weight is 361 g/mol. The Labute approximate surface area is 135 Å². The Hall–Kier alpha value is -2.05. The number of carbonyl (C=O) groups is 1. The largest absolute Gasteiger partial charge is 0.454 e. The van der Waals surface area contributed by atoms with Crippen LogP contribution in [0, 0.1) is 0 Å². The maximum Gasteiger partial charge on any atom is 0.247 e. The standard InChI is InChI=1S/C16H13BrN2O3/c17-10-3-1-9(2-4-10)15-14(18)16(20)19(15)11-5-6-12-13(7-11)22-8-21-12/h1-7,14-15H,8,18H2/t14-,15-/m0/s1. The van der Waals surface area contributed by atoms with Gasteiger partial charge in [0.25, 0.3) is 0 Å². The van der Waals surface area contributed by atoms with Crippen molar-refractivity contribution in [2.24, 2.45) is 5.73 Å². The van der Waals surface area contributed by atoms with E-state index in [0.29, 0.717) is 11.5 Å². The lowest BCUT2D eigenvalue weighted by Gasteiger charge is -2.45. The number of ether oxygens (including phenoxy) is 2. The summed E-state index contributed by atoms with van der Waals surface area (Å²) >= 11 is 3.41. The zero-order chi connectivity index (χ0) is 15.3. The fraction of sp³-hybridized carbons (Fsp3) is 0.188. The van der Waals surface area contributed by atoms with E-state index in [0.717, 1.165) is 15.7 Å². The Kier molecular flexibility index (Phi) is 3.09. The van der Waals surface area contributed by atoms with E-state index in [4.69, 9.17) is 15.2 Å². The number of β-lactam (4-membered cyclic amide) rings is 1. The summed E-state index contributed by atoms with van der Waals surface area (Å²) in [4.78, 5) is 13.9. The van der Waals surface area contributed by atoms with E-state index in [2.05, 4.69) is 15.9 Å². The molecular formula is C16H13BrN2O3. The smallest absolute Gasteiger partial charge is 0.247 e. The van der Waals surface area contributed by atoms with Crippen LogP contribution in [0.25, 0.3) is 0 Å². The summed E-state index contributed by atoms with van der Waals surface area (Å²) in [5, 5.41) is 0. The van der Waals surface area contributed by atoms with Crippen molar-refractivity contribution >= 4 is 27.5 Å². The monoisotopic (exact) mass is 360 g/mol. The summed E-state index contributed by atoms with van der Waals surface area (Å²) < 4.78 is 11.7. The van der Waals surface area contributed by atoms with Gasteiger partial charge in [-0.25, -0.2) is 0 Å². The Bertz CT molecular complexity index is 748. The number of benzene rings is 2. The van der Waals surface area contributed by atoms with Gasteiger partial charge in [0.05, 0.1) is 6.04 Å². The third-order valence-electron chi connectivity index (χ3n) is 3.99. The highest BCUT2D eigenvalue weighted by Gasteiger charge is 2.46. The number of hydrogen-bond acceptors (Lipinski definition) is 4. The molecule has 2 atom stereocenters. The highest BCUT2D eigenvalue weighted by Crippen LogP contribution is 2.42. The number of hydrogen-bond donors (Lipinski definition) is 1. The summed E-state index contributed by atoms with van der Waals surface area (Å²) in [7, 11) is 0. The van der Waals surface area contributed by atoms with Crippen LogP contribution in [-0.4, -0.2) is 18.7 Å². The number of fused-ring (bicyclic) bond motifs is 1. The van der Waals surface area contributed by atoms with Gasteiger partial charge in [-0.1, -0.05) is 28.1 Å². The van der Waals surface area contributed by atoms with Crippen LogP contribution >= 0.6 is 15.9 Å². The molecule has 0 aliphatic carbocycles. The number of rotatable bonds is 2. The van der Waals surface area contributed by atoms with Crippen molar-refractivity contribution in [2.45, 2.75) is 12.1 Å². The lowest BCUT2D eigenvalue weighted by molar-refractivity contribution is -0.126. The first-order valence-electron chi connectivity index (χ1n) is 6.89. The van der Waals surface area contributed by atoms with Gasteiger partial charge >= 0.3 is 0 Å². The molecule has 112 valence electrons. The molecule has 0 unspecified atom stereocenters. The molecule has 0 spiro atoms. The van der Waals surface area contributed by atoms with Crippen LogP contribution in [0.15, 0.2) is 46.9 Å². The second-order valence-corrected chi connectivity index (χ2v) is 6.18. The van der Waals surface area contributed by atoms with Gasteiger partial charge in [0.15, 0.2) is 11.5 Å². The van der Waals surface area contributed by atoms with E-state index in [1.807, 2.05) is 42.5 Å². The number of carbonyl (C=O) groups excluding carboxylic acids is 1. The lowest BCUT2D eigenvalue weighted by Crippen LogP contribution is -2.63. The van der Waals surface area contributed by atoms with E-state index in [1.165, 1.54) is 0 Å². The molecule has 2 heterocycles. The zero-order valence-electron chi connectivity index (χ0n) is 11.5. The van der Waals surface area contributed by atoms with Crippen LogP contribution in [0.1, 0.15) is 11.6 Å². The van der Waals surface area contributed by atoms with Crippen molar-refractivity contribution in [2.75, 3.05) is 11.7 Å². The number of nitrogens with two attached hydrogens (primary N) is 1. The predicted molar refractivity (Wildman–Crippen MR) is 84.9 cm³/mol. The average Bonchev–Trinajstić information content (AvgIpc) is 3.00. The molecule has 1 fully saturated rings. The third-order valence-corrected chi connectivity index (χ3v) is 4.52. The highest BCUT2D eigenvalue weighted by molar-refractivity contribution is 9.10. The van der Waals surface area contributed by atoms with Crippen molar-refractivity contribution in [3.63, 3.8) is 0 Å². The maximum atomic E-state index is 12.2. The first-order chi connectivity index (χ1) is 10.6. The van der Waals surface area contributed by atoms with Crippen LogP contribution in [0.2, 0.25) is 0 Å². The van der Waals surface area contributed by atoms with Gasteiger partial charge in [0, 0.05) is 16.2 Å². The Morgan fingerprint density at radius 2 is 1.82 bits per heavy atom. The second kappa shape index (κ2) is 5.00. The highest BCUT2D eigenvalue weighted by atomic mass is 79.9. The minimum absolute atomic E-state index is 0.0909. The summed E-state index contributed by atoms with van der Waals surface area (Å²) in [5.41, 5.74) is 7.79. The van der Waals surface area contributed by atoms with Crippen molar-refractivity contribution in [3.8, 4) is 11.5 Å². The Balaban J connectivity index is 1.70. The molecule has 2 aliphatic rings. The normalized spacial score (nSPS) is 22.6. The maximum absolute atomic E-state index is 12.2. The summed E-state index contributed by atoms with van der Waals surface area (Å²) in [6.07, 6.45) is 0. The van der Waals surface area contributed by atoms with Crippen LogP contribution in [-0.2, 0) is 4.79 Å². The number of nitrogens with zero attached hydrogens (tertiary/aromatic N) is 1. The van der Waals surface area contributed by atoms with E-state index < -0.39 is 6.04 Å². The quantitative estimate of drug-likeness (QED) is 0.836. The van der Waals surface area contributed by atoms with Crippen LogP contribution in [0.4, 0.5) is 5.69 Å². The fourth-order valence-electron chi connectivity index (χ4n) is 2.85. The Morgan fingerprint density at radius 1 is 1.09 bits per heavy atom. The fourth-order valence-corrected chi connectivity index (χ4v) is 3.11. The third kappa shape index (κ3) is 1.99. The van der Waals surface area contributed by atoms with Crippen LogP contribution in [0.3, 0.4) is 0 Å². The Morgan fingerprint density at radius 3 is 2.59 bits per heavy atom. The molecule has 0 radical (unpaired) electrons. The molecule has 2 aliphatic heterocycles. The van der Waals surface area contributed by atoms with E-state index in [-0.39, 0.29) is 18.7 Å². The minimum atomic E-state index is -0.522. The summed E-state index contributed by atoms with van der Waals surface area (Å²) in [5.74, 6) is 1.26. The molecule has 0 aromatic heterocycles. The van der Waals surface area contributed by atoms with Crippen molar-refractivity contribution in [1.29, 1.82) is 0 Å². The van der Waals surface area contributed by atoms with Gasteiger partial charge in [-0.05, 0) is 29.8 Å². The van der Waals surface area contributed by atoms with Crippen LogP contribution in [0.5, 0.6) is 11.5 Å². The van der Waals surface area contributed by atoms with Crippen LogP contribution < -0.4 is 20.1 Å². The first-order valence-corrected chi connectivity index (χ1v) is 7.68. The molecule has 2 N–H and O–H groups in total. The van der Waals surface area contributed by atoms with Gasteiger partial charge in [-0.2, -0.15) is 0 Å². The SMILES string of the molecule is N[C@@H]1C(=O)N(c2ccc3c(c2)OCO3)[C@H]1c1ccc(Br)cc1. The van der Waals surface area contributed by atoms with Gasteiger partial charge in [-0.15, -0.1) is 0 Å². The predicted octanol–water partition coefficient (Wildman–Crippen LogP) is 2.59. The second-order valence-electron chi connectivity index (χ2n) is 5.27. The molecule has 0 saturated carbocycles. The van der Waals surface area contributed by atoms with Gasteiger partial charge in [0.2, 0.25) is 12.7 Å². The molecule has 6 heteroatoms. The van der Waals surface area contributed by atoms with E-state index >= 15 is 0 Å². The molecule has 22 heavy (non-hydrogen) atoms. The minimum Gasteiger partial charge on any atom is -0.454 e. The number of halogens is 1. The number of amides is 1. The summed E-state index contributed by atoms with van der Waals surface area (Å²) in [6, 6.07) is 12.6. The van der Waals surface area contributed by atoms with E-state index in [1.54, 1.807) is 4.90 Å².